The molecule has 0 aromatic carbocycles. The largest absolute Gasteiger partial charge is 0.619 e. The molecule has 8 nitrogen and oxygen atoms in total. The molecule has 0 saturated heterocycles. The summed E-state index contributed by atoms with van der Waals surface area (Å²) in [5, 5.41) is 29.0. The van der Waals surface area contributed by atoms with Crippen LogP contribution in [0.2, 0.25) is 0 Å². The van der Waals surface area contributed by atoms with Crippen molar-refractivity contribution in [3.05, 3.63) is 40.7 Å². The SMILES string of the molecule is CC(C)(C)C(CO)NC(=O)c1nn(-c2c[n+]([O-])ccn2)c2c1C[C@H]1CCC[C@@H]21. The van der Waals surface area contributed by atoms with Crippen molar-refractivity contribution in [3.8, 4) is 5.82 Å². The minimum atomic E-state index is -0.375. The fraction of sp³-hybridized carbons (Fsp3) is 0.600. The number of aromatic nitrogens is 4. The summed E-state index contributed by atoms with van der Waals surface area (Å²) in [5.74, 6) is 1.01. The number of rotatable bonds is 4. The first-order chi connectivity index (χ1) is 13.3. The van der Waals surface area contributed by atoms with Gasteiger partial charge in [0.2, 0.25) is 12.0 Å². The fourth-order valence-electron chi connectivity index (χ4n) is 4.54. The van der Waals surface area contributed by atoms with Crippen molar-refractivity contribution in [2.24, 2.45) is 11.3 Å². The normalized spacial score (nSPS) is 22.0. The zero-order valence-corrected chi connectivity index (χ0v) is 16.6. The third-order valence-electron chi connectivity index (χ3n) is 6.13. The Morgan fingerprint density at radius 2 is 2.25 bits per heavy atom. The number of fused-ring (bicyclic) bond motifs is 3. The molecule has 0 aliphatic heterocycles. The van der Waals surface area contributed by atoms with Crippen LogP contribution < -0.4 is 10.0 Å². The second-order valence-electron chi connectivity index (χ2n) is 8.97. The number of hydrogen-bond donors (Lipinski definition) is 2. The summed E-state index contributed by atoms with van der Waals surface area (Å²) >= 11 is 0. The van der Waals surface area contributed by atoms with Crippen molar-refractivity contribution < 1.29 is 14.6 Å². The molecule has 1 unspecified atom stereocenters. The van der Waals surface area contributed by atoms with Gasteiger partial charge >= 0.3 is 0 Å². The Labute approximate surface area is 164 Å². The van der Waals surface area contributed by atoms with Gasteiger partial charge in [-0.3, -0.25) is 4.79 Å². The highest BCUT2D eigenvalue weighted by Crippen LogP contribution is 2.49. The van der Waals surface area contributed by atoms with Gasteiger partial charge < -0.3 is 15.6 Å². The van der Waals surface area contributed by atoms with E-state index in [1.807, 2.05) is 20.8 Å². The molecule has 8 heteroatoms. The lowest BCUT2D eigenvalue weighted by molar-refractivity contribution is -0.605. The van der Waals surface area contributed by atoms with Crippen molar-refractivity contribution in [1.29, 1.82) is 0 Å². The molecule has 1 amide bonds. The first kappa shape index (κ1) is 18.9. The summed E-state index contributed by atoms with van der Waals surface area (Å²) in [7, 11) is 0. The number of carbonyl (C=O) groups excluding carboxylic acids is 1. The fourth-order valence-corrected chi connectivity index (χ4v) is 4.54. The van der Waals surface area contributed by atoms with Gasteiger partial charge in [0.15, 0.2) is 11.9 Å². The Bertz CT molecular complexity index is 902. The molecule has 2 aliphatic rings. The molecule has 2 N–H and O–H groups in total. The van der Waals surface area contributed by atoms with E-state index in [1.54, 1.807) is 4.68 Å². The van der Waals surface area contributed by atoms with E-state index in [2.05, 4.69) is 15.4 Å². The molecule has 28 heavy (non-hydrogen) atoms. The molecule has 2 aromatic rings. The van der Waals surface area contributed by atoms with Gasteiger partial charge in [-0.25, -0.2) is 9.67 Å². The number of aliphatic hydroxyl groups excluding tert-OH is 1. The zero-order valence-electron chi connectivity index (χ0n) is 16.6. The standard InChI is InChI=1S/C20H27N5O3/c1-20(2,3)15(11-26)22-19(27)17-14-9-12-5-4-6-13(12)18(14)25(23-17)16-10-24(28)8-7-21-16/h7-8,10,12-13,15,26H,4-6,9,11H2,1-3H3,(H,22,27)/t12-,13-,15?/m1/s1. The van der Waals surface area contributed by atoms with Crippen molar-refractivity contribution >= 4 is 5.91 Å². The van der Waals surface area contributed by atoms with Gasteiger partial charge in [-0.05, 0) is 30.6 Å². The van der Waals surface area contributed by atoms with Crippen LogP contribution in [0.25, 0.3) is 5.82 Å². The number of nitrogens with zero attached hydrogens (tertiary/aromatic N) is 4. The molecular weight excluding hydrogens is 358 g/mol. The van der Waals surface area contributed by atoms with E-state index in [0.29, 0.717) is 28.1 Å². The van der Waals surface area contributed by atoms with Crippen LogP contribution in [0.1, 0.15) is 67.7 Å². The summed E-state index contributed by atoms with van der Waals surface area (Å²) in [5.41, 5.74) is 2.08. The highest BCUT2D eigenvalue weighted by Gasteiger charge is 2.43. The maximum atomic E-state index is 13.1. The van der Waals surface area contributed by atoms with E-state index in [9.17, 15) is 15.1 Å². The molecular formula is C20H27N5O3. The van der Waals surface area contributed by atoms with Gasteiger partial charge in [0.25, 0.3) is 5.91 Å². The number of amides is 1. The number of aliphatic hydroxyl groups is 1. The molecule has 4 rings (SSSR count). The third kappa shape index (κ3) is 3.15. The van der Waals surface area contributed by atoms with Gasteiger partial charge in [-0.2, -0.15) is 9.83 Å². The number of carbonyl (C=O) groups is 1. The molecule has 2 heterocycles. The molecule has 0 spiro atoms. The average Bonchev–Trinajstić information content (AvgIpc) is 3.29. The molecule has 2 aliphatic carbocycles. The first-order valence-electron chi connectivity index (χ1n) is 9.88. The molecule has 1 saturated carbocycles. The number of nitrogens with one attached hydrogen (secondary N) is 1. The van der Waals surface area contributed by atoms with Crippen LogP contribution in [0.5, 0.6) is 0 Å². The van der Waals surface area contributed by atoms with Crippen LogP contribution in [0.4, 0.5) is 0 Å². The highest BCUT2D eigenvalue weighted by atomic mass is 16.5. The van der Waals surface area contributed by atoms with E-state index < -0.39 is 0 Å². The predicted octanol–water partition coefficient (Wildman–Crippen LogP) is 1.48. The molecule has 3 atom stereocenters. The minimum Gasteiger partial charge on any atom is -0.619 e. The second-order valence-corrected chi connectivity index (χ2v) is 8.97. The van der Waals surface area contributed by atoms with Gasteiger partial charge in [-0.1, -0.05) is 27.2 Å². The summed E-state index contributed by atoms with van der Waals surface area (Å²) in [6.07, 6.45) is 8.35. The summed E-state index contributed by atoms with van der Waals surface area (Å²) in [6.45, 7) is 5.78. The molecule has 0 bridgehead atoms. The Morgan fingerprint density at radius 3 is 2.93 bits per heavy atom. The van der Waals surface area contributed by atoms with E-state index in [-0.39, 0.29) is 24.0 Å². The Morgan fingerprint density at radius 1 is 1.46 bits per heavy atom. The van der Waals surface area contributed by atoms with E-state index >= 15 is 0 Å². The van der Waals surface area contributed by atoms with E-state index in [1.165, 1.54) is 25.0 Å². The maximum Gasteiger partial charge on any atom is 0.272 e. The smallest absolute Gasteiger partial charge is 0.272 e. The lowest BCUT2D eigenvalue weighted by Crippen LogP contribution is -2.46. The van der Waals surface area contributed by atoms with Crippen molar-refractivity contribution in [1.82, 2.24) is 20.1 Å². The van der Waals surface area contributed by atoms with Crippen molar-refractivity contribution in [2.45, 2.75) is 58.4 Å². The molecule has 150 valence electrons. The third-order valence-corrected chi connectivity index (χ3v) is 6.13. The summed E-state index contributed by atoms with van der Waals surface area (Å²) in [4.78, 5) is 17.4. The predicted molar refractivity (Wildman–Crippen MR) is 102 cm³/mol. The van der Waals surface area contributed by atoms with E-state index in [4.69, 9.17) is 0 Å². The average molecular weight is 385 g/mol. The number of hydrogen-bond acceptors (Lipinski definition) is 5. The monoisotopic (exact) mass is 385 g/mol. The highest BCUT2D eigenvalue weighted by molar-refractivity contribution is 5.94. The Balaban J connectivity index is 1.75. The quantitative estimate of drug-likeness (QED) is 0.612. The van der Waals surface area contributed by atoms with Crippen LogP contribution in [-0.2, 0) is 6.42 Å². The lowest BCUT2D eigenvalue weighted by Gasteiger charge is -2.29. The second kappa shape index (κ2) is 6.84. The summed E-state index contributed by atoms with van der Waals surface area (Å²) < 4.78 is 2.37. The van der Waals surface area contributed by atoms with Gasteiger partial charge in [0.1, 0.15) is 0 Å². The lowest BCUT2D eigenvalue weighted by atomic mass is 9.87. The van der Waals surface area contributed by atoms with Gasteiger partial charge in [0, 0.05) is 11.5 Å². The van der Waals surface area contributed by atoms with Crippen molar-refractivity contribution in [3.63, 3.8) is 0 Å². The Kier molecular flexibility index (Phi) is 4.61. The van der Waals surface area contributed by atoms with Crippen LogP contribution in [0.3, 0.4) is 0 Å². The van der Waals surface area contributed by atoms with Crippen LogP contribution in [0, 0.1) is 16.5 Å². The van der Waals surface area contributed by atoms with Crippen LogP contribution in [-0.4, -0.2) is 38.4 Å². The van der Waals surface area contributed by atoms with Crippen molar-refractivity contribution in [2.75, 3.05) is 6.61 Å². The molecule has 2 aromatic heterocycles. The van der Waals surface area contributed by atoms with E-state index in [0.717, 1.165) is 30.5 Å². The molecule has 1 fully saturated rings. The van der Waals surface area contributed by atoms with Gasteiger partial charge in [0.05, 0.1) is 24.5 Å². The van der Waals surface area contributed by atoms with Gasteiger partial charge in [-0.15, -0.1) is 0 Å². The Hall–Kier alpha value is -2.48. The summed E-state index contributed by atoms with van der Waals surface area (Å²) in [6, 6.07) is -0.375. The first-order valence-corrected chi connectivity index (χ1v) is 9.88. The zero-order chi connectivity index (χ0) is 20.1. The molecule has 0 radical (unpaired) electrons. The topological polar surface area (TPSA) is 107 Å². The minimum absolute atomic E-state index is 0.139. The van der Waals surface area contributed by atoms with Crippen LogP contribution >= 0.6 is 0 Å². The van der Waals surface area contributed by atoms with Crippen LogP contribution in [0.15, 0.2) is 18.6 Å². The maximum absolute atomic E-state index is 13.1.